The van der Waals surface area contributed by atoms with Gasteiger partial charge in [-0.15, -0.1) is 0 Å². The molecular formula is C6H11N5O2. The molecule has 0 spiro atoms. The smallest absolute Gasteiger partial charge is 0.343 e. The minimum absolute atomic E-state index is 0.134. The topological polar surface area (TPSA) is 128 Å². The Morgan fingerprint density at radius 1 is 1.54 bits per heavy atom. The van der Waals surface area contributed by atoms with Crippen LogP contribution in [0.2, 0.25) is 0 Å². The highest BCUT2D eigenvalue weighted by atomic mass is 16.2. The number of nitrogens with zero attached hydrogens (tertiary/aromatic N) is 2. The summed E-state index contributed by atoms with van der Waals surface area (Å²) in [5.41, 5.74) is 4.47. The number of carbonyl (C=O) groups is 2. The Morgan fingerprint density at radius 3 is 2.23 bits per heavy atom. The van der Waals surface area contributed by atoms with Gasteiger partial charge < -0.3 is 5.73 Å². The lowest BCUT2D eigenvalue weighted by Crippen LogP contribution is -2.46. The first-order valence-corrected chi connectivity index (χ1v) is 3.34. The van der Waals surface area contributed by atoms with Crippen molar-refractivity contribution in [1.29, 1.82) is 0 Å². The van der Waals surface area contributed by atoms with Gasteiger partial charge >= 0.3 is 6.03 Å². The van der Waals surface area contributed by atoms with Gasteiger partial charge in [0.25, 0.3) is 0 Å². The van der Waals surface area contributed by atoms with Crippen molar-refractivity contribution in [2.45, 2.75) is 6.42 Å². The van der Waals surface area contributed by atoms with Crippen LogP contribution < -0.4 is 17.4 Å². The van der Waals surface area contributed by atoms with Gasteiger partial charge in [-0.25, -0.2) is 16.5 Å². The summed E-state index contributed by atoms with van der Waals surface area (Å²) in [7, 11) is 0. The maximum atomic E-state index is 10.3. The van der Waals surface area contributed by atoms with E-state index in [1.54, 1.807) is 6.21 Å². The molecule has 0 saturated carbocycles. The number of urea groups is 1. The van der Waals surface area contributed by atoms with Crippen LogP contribution in [0.15, 0.2) is 17.3 Å². The summed E-state index contributed by atoms with van der Waals surface area (Å²) >= 11 is 0. The molecule has 6 N–H and O–H groups in total. The molecule has 0 fully saturated rings. The van der Waals surface area contributed by atoms with Crippen LogP contribution in [-0.2, 0) is 4.79 Å². The predicted molar refractivity (Wildman–Crippen MR) is 47.1 cm³/mol. The van der Waals surface area contributed by atoms with Crippen molar-refractivity contribution in [3.63, 3.8) is 0 Å². The third-order valence-corrected chi connectivity index (χ3v) is 0.999. The minimum Gasteiger partial charge on any atom is -0.349 e. The molecule has 0 aromatic rings. The molecule has 0 radical (unpaired) electrons. The highest BCUT2D eigenvalue weighted by molar-refractivity contribution is 6.00. The van der Waals surface area contributed by atoms with Crippen LogP contribution in [0.4, 0.5) is 4.79 Å². The minimum atomic E-state index is -0.852. The van der Waals surface area contributed by atoms with Gasteiger partial charge in [-0.3, -0.25) is 9.79 Å². The average molecular weight is 185 g/mol. The zero-order valence-corrected chi connectivity index (χ0v) is 6.88. The van der Waals surface area contributed by atoms with E-state index < -0.39 is 6.03 Å². The van der Waals surface area contributed by atoms with Crippen LogP contribution in [-0.4, -0.2) is 23.1 Å². The Balaban J connectivity index is 0.000000226. The van der Waals surface area contributed by atoms with E-state index in [0.29, 0.717) is 11.5 Å². The first-order chi connectivity index (χ1) is 6.04. The van der Waals surface area contributed by atoms with Crippen molar-refractivity contribution in [1.82, 2.24) is 5.12 Å². The zero-order valence-electron chi connectivity index (χ0n) is 6.88. The number of rotatable bonds is 0. The summed E-state index contributed by atoms with van der Waals surface area (Å²) in [6.45, 7) is 0. The number of hydrazine groups is 2. The first kappa shape index (κ1) is 11.3. The number of nitrogens with two attached hydrogens (primary N) is 3. The van der Waals surface area contributed by atoms with Gasteiger partial charge in [0.2, 0.25) is 0 Å². The Morgan fingerprint density at radius 2 is 2.08 bits per heavy atom. The SMILES string of the molecule is NC(=O)N(N)N.O=C1C=CN=CC1. The summed E-state index contributed by atoms with van der Waals surface area (Å²) < 4.78 is 0. The van der Waals surface area contributed by atoms with E-state index in [-0.39, 0.29) is 5.78 Å². The first-order valence-electron chi connectivity index (χ1n) is 3.34. The zero-order chi connectivity index (χ0) is 10.3. The Kier molecular flexibility index (Phi) is 5.08. The van der Waals surface area contributed by atoms with Gasteiger partial charge in [-0.05, 0) is 6.08 Å². The van der Waals surface area contributed by atoms with Crippen LogP contribution >= 0.6 is 0 Å². The maximum absolute atomic E-state index is 10.3. The molecule has 72 valence electrons. The van der Waals surface area contributed by atoms with E-state index >= 15 is 0 Å². The Hall–Kier alpha value is -1.73. The number of aliphatic imine (C=N–C) groups is 1. The van der Waals surface area contributed by atoms with Crippen LogP contribution in [0.1, 0.15) is 6.42 Å². The number of amides is 2. The second-order valence-electron chi connectivity index (χ2n) is 2.06. The van der Waals surface area contributed by atoms with Crippen LogP contribution in [0.25, 0.3) is 0 Å². The fourth-order valence-corrected chi connectivity index (χ4v) is 0.398. The normalized spacial score (nSPS) is 13.2. The Labute approximate surface area is 74.8 Å². The van der Waals surface area contributed by atoms with E-state index in [9.17, 15) is 9.59 Å². The molecule has 7 heteroatoms. The fraction of sp³-hybridized carbons (Fsp3) is 0.167. The molecule has 0 atom stereocenters. The van der Waals surface area contributed by atoms with Crippen molar-refractivity contribution >= 4 is 18.0 Å². The molecule has 0 aliphatic carbocycles. The van der Waals surface area contributed by atoms with Gasteiger partial charge in [0.05, 0.1) is 0 Å². The number of hydrogen-bond acceptors (Lipinski definition) is 5. The van der Waals surface area contributed by atoms with Crippen molar-refractivity contribution < 1.29 is 9.59 Å². The highest BCUT2D eigenvalue weighted by Gasteiger charge is 1.93. The van der Waals surface area contributed by atoms with E-state index in [2.05, 4.69) is 22.4 Å². The molecule has 1 rings (SSSR count). The average Bonchev–Trinajstić information content (AvgIpc) is 2.06. The largest absolute Gasteiger partial charge is 0.349 e. The van der Waals surface area contributed by atoms with Gasteiger partial charge in [-0.2, -0.15) is 5.12 Å². The molecule has 0 aromatic heterocycles. The van der Waals surface area contributed by atoms with Gasteiger partial charge in [0.15, 0.2) is 5.78 Å². The molecule has 1 heterocycles. The van der Waals surface area contributed by atoms with Crippen molar-refractivity contribution in [2.24, 2.45) is 22.4 Å². The fourth-order valence-electron chi connectivity index (χ4n) is 0.398. The number of carbonyl (C=O) groups excluding carboxylic acids is 2. The molecule has 0 aromatic carbocycles. The number of hydrogen-bond donors (Lipinski definition) is 3. The van der Waals surface area contributed by atoms with E-state index in [1.807, 2.05) is 0 Å². The van der Waals surface area contributed by atoms with Crippen LogP contribution in [0.3, 0.4) is 0 Å². The van der Waals surface area contributed by atoms with Crippen molar-refractivity contribution in [3.8, 4) is 0 Å². The van der Waals surface area contributed by atoms with E-state index in [0.717, 1.165) is 0 Å². The quantitative estimate of drug-likeness (QED) is 0.245. The summed E-state index contributed by atoms with van der Waals surface area (Å²) in [5, 5.41) is 0.306. The van der Waals surface area contributed by atoms with Crippen LogP contribution in [0.5, 0.6) is 0 Å². The Bertz CT molecular complexity index is 245. The van der Waals surface area contributed by atoms with Gasteiger partial charge in [-0.1, -0.05) is 0 Å². The molecular weight excluding hydrogens is 174 g/mol. The van der Waals surface area contributed by atoms with Gasteiger partial charge in [0, 0.05) is 18.8 Å². The predicted octanol–water partition coefficient (Wildman–Crippen LogP) is -1.34. The van der Waals surface area contributed by atoms with Crippen molar-refractivity contribution in [2.75, 3.05) is 0 Å². The molecule has 0 bridgehead atoms. The van der Waals surface area contributed by atoms with Crippen molar-refractivity contribution in [3.05, 3.63) is 12.3 Å². The summed E-state index contributed by atoms with van der Waals surface area (Å²) in [6, 6.07) is -0.852. The lowest BCUT2D eigenvalue weighted by Gasteiger charge is -2.00. The molecule has 0 saturated heterocycles. The van der Waals surface area contributed by atoms with E-state index in [4.69, 9.17) is 0 Å². The number of allylic oxidation sites excluding steroid dienone is 1. The monoisotopic (exact) mass is 185 g/mol. The van der Waals surface area contributed by atoms with Crippen LogP contribution in [0, 0.1) is 0 Å². The molecule has 2 amide bonds. The molecule has 1 aliphatic rings. The summed E-state index contributed by atoms with van der Waals surface area (Å²) in [6.07, 6.45) is 5.05. The third-order valence-electron chi connectivity index (χ3n) is 0.999. The molecule has 0 unspecified atom stereocenters. The molecule has 7 nitrogen and oxygen atoms in total. The van der Waals surface area contributed by atoms with Gasteiger partial charge in [0.1, 0.15) is 0 Å². The second kappa shape index (κ2) is 5.86. The number of primary amides is 1. The molecule has 13 heavy (non-hydrogen) atoms. The lowest BCUT2D eigenvalue weighted by molar-refractivity contribution is -0.113. The number of ketones is 1. The standard InChI is InChI=1S/C5H5NO.CH6N4O/c7-5-1-3-6-4-2-5;2-1(6)5(3)4/h1,3-4H,2H2;3-4H2,(H2,2,6). The lowest BCUT2D eigenvalue weighted by atomic mass is 10.3. The summed E-state index contributed by atoms with van der Waals surface area (Å²) in [5.74, 6) is 9.28. The second-order valence-corrected chi connectivity index (χ2v) is 2.06. The molecule has 1 aliphatic heterocycles. The summed E-state index contributed by atoms with van der Waals surface area (Å²) in [4.78, 5) is 23.6. The van der Waals surface area contributed by atoms with E-state index in [1.165, 1.54) is 12.3 Å². The maximum Gasteiger partial charge on any atom is 0.343 e. The highest BCUT2D eigenvalue weighted by Crippen LogP contribution is 1.88. The third kappa shape index (κ3) is 6.66.